The first-order valence-electron chi connectivity index (χ1n) is 11.0. The van der Waals surface area contributed by atoms with E-state index in [1.807, 2.05) is 68.4 Å². The predicted molar refractivity (Wildman–Crippen MR) is 131 cm³/mol. The van der Waals surface area contributed by atoms with Gasteiger partial charge in [-0.15, -0.1) is 0 Å². The molecule has 6 heteroatoms. The molecule has 2 amide bonds. The fourth-order valence-corrected chi connectivity index (χ4v) is 3.78. The molecule has 0 aliphatic rings. The third kappa shape index (κ3) is 7.09. The summed E-state index contributed by atoms with van der Waals surface area (Å²) < 4.78 is 5.73. The minimum atomic E-state index is -0.678. The molecule has 5 nitrogen and oxygen atoms in total. The number of ether oxygens (including phenoxy) is 1. The Balaban J connectivity index is 1.90. The summed E-state index contributed by atoms with van der Waals surface area (Å²) in [5.41, 5.74) is 3.02. The van der Waals surface area contributed by atoms with Crippen molar-refractivity contribution in [2.24, 2.45) is 0 Å². The summed E-state index contributed by atoms with van der Waals surface area (Å²) in [4.78, 5) is 28.2. The number of carbonyl (C=O) groups excluding carboxylic acids is 2. The molecule has 3 aromatic carbocycles. The summed E-state index contributed by atoms with van der Waals surface area (Å²) in [5.74, 6) is 0.0424. The number of amides is 2. The molecule has 0 aliphatic heterocycles. The van der Waals surface area contributed by atoms with E-state index < -0.39 is 6.04 Å². The Morgan fingerprint density at radius 3 is 2.42 bits per heavy atom. The molecule has 0 saturated carbocycles. The van der Waals surface area contributed by atoms with Crippen LogP contribution in [0.3, 0.4) is 0 Å². The molecule has 0 fully saturated rings. The molecule has 33 heavy (non-hydrogen) atoms. The molecule has 172 valence electrons. The van der Waals surface area contributed by atoms with Crippen LogP contribution in [0.5, 0.6) is 5.75 Å². The maximum absolute atomic E-state index is 13.4. The van der Waals surface area contributed by atoms with Crippen LogP contribution in [-0.4, -0.2) is 35.9 Å². The lowest BCUT2D eigenvalue weighted by Crippen LogP contribution is -2.51. The minimum Gasteiger partial charge on any atom is -0.484 e. The summed E-state index contributed by atoms with van der Waals surface area (Å²) in [5, 5.41) is 3.42. The van der Waals surface area contributed by atoms with Gasteiger partial charge in [-0.1, -0.05) is 72.3 Å². The Labute approximate surface area is 200 Å². The van der Waals surface area contributed by atoms with Crippen LogP contribution in [0.1, 0.15) is 23.6 Å². The number of nitrogens with one attached hydrogen (secondary N) is 1. The molecule has 0 aromatic heterocycles. The molecule has 3 rings (SSSR count). The average Bonchev–Trinajstić information content (AvgIpc) is 2.82. The van der Waals surface area contributed by atoms with Gasteiger partial charge in [-0.2, -0.15) is 0 Å². The van der Waals surface area contributed by atoms with Crippen LogP contribution in [0.4, 0.5) is 0 Å². The Morgan fingerprint density at radius 2 is 1.73 bits per heavy atom. The van der Waals surface area contributed by atoms with Gasteiger partial charge >= 0.3 is 0 Å². The van der Waals surface area contributed by atoms with Gasteiger partial charge in [-0.3, -0.25) is 9.59 Å². The SMILES string of the molecule is CCNC(=O)[C@H](Cc1ccccc1)N(Cc1ccccc1C)C(=O)COc1cccc(Cl)c1. The number of benzene rings is 3. The molecule has 3 aromatic rings. The summed E-state index contributed by atoms with van der Waals surface area (Å²) in [6.07, 6.45) is 0.404. The molecular formula is C27H29ClN2O3. The van der Waals surface area contributed by atoms with E-state index in [1.54, 1.807) is 29.2 Å². The van der Waals surface area contributed by atoms with Gasteiger partial charge in [0, 0.05) is 24.5 Å². The molecule has 0 heterocycles. The fraction of sp³-hybridized carbons (Fsp3) is 0.259. The van der Waals surface area contributed by atoms with Crippen LogP contribution in [0.15, 0.2) is 78.9 Å². The summed E-state index contributed by atoms with van der Waals surface area (Å²) in [7, 11) is 0. The van der Waals surface area contributed by atoms with E-state index in [-0.39, 0.29) is 18.4 Å². The van der Waals surface area contributed by atoms with Crippen molar-refractivity contribution in [2.75, 3.05) is 13.2 Å². The summed E-state index contributed by atoms with van der Waals surface area (Å²) in [6, 6.07) is 23.8. The number of hydrogen-bond donors (Lipinski definition) is 1. The fourth-order valence-electron chi connectivity index (χ4n) is 3.60. The van der Waals surface area contributed by atoms with E-state index in [2.05, 4.69) is 5.32 Å². The topological polar surface area (TPSA) is 58.6 Å². The van der Waals surface area contributed by atoms with Crippen LogP contribution in [-0.2, 0) is 22.6 Å². The average molecular weight is 465 g/mol. The standard InChI is InChI=1S/C27H29ClN2O3/c1-3-29-27(32)25(16-21-11-5-4-6-12-21)30(18-22-13-8-7-10-20(22)2)26(31)19-33-24-15-9-14-23(28)17-24/h4-15,17,25H,3,16,18-19H2,1-2H3,(H,29,32)/t25-/m0/s1. The second-order valence-electron chi connectivity index (χ2n) is 7.79. The highest BCUT2D eigenvalue weighted by molar-refractivity contribution is 6.30. The third-order valence-corrected chi connectivity index (χ3v) is 5.62. The van der Waals surface area contributed by atoms with Gasteiger partial charge in [0.1, 0.15) is 11.8 Å². The van der Waals surface area contributed by atoms with Crippen molar-refractivity contribution < 1.29 is 14.3 Å². The molecule has 1 N–H and O–H groups in total. The van der Waals surface area contributed by atoms with Crippen molar-refractivity contribution in [3.63, 3.8) is 0 Å². The first-order chi connectivity index (χ1) is 16.0. The molecule has 0 radical (unpaired) electrons. The number of aryl methyl sites for hydroxylation is 1. The largest absolute Gasteiger partial charge is 0.484 e. The normalized spacial score (nSPS) is 11.5. The molecule has 0 unspecified atom stereocenters. The van der Waals surface area contributed by atoms with Gasteiger partial charge in [0.2, 0.25) is 5.91 Å². The van der Waals surface area contributed by atoms with Crippen LogP contribution >= 0.6 is 11.6 Å². The van der Waals surface area contributed by atoms with Crippen molar-refractivity contribution in [3.8, 4) is 5.75 Å². The quantitative estimate of drug-likeness (QED) is 0.468. The Bertz CT molecular complexity index is 1070. The van der Waals surface area contributed by atoms with Gasteiger partial charge < -0.3 is 15.0 Å². The van der Waals surface area contributed by atoms with E-state index in [4.69, 9.17) is 16.3 Å². The predicted octanol–water partition coefficient (Wildman–Crippen LogP) is 4.80. The highest BCUT2D eigenvalue weighted by Gasteiger charge is 2.30. The van der Waals surface area contributed by atoms with Crippen LogP contribution in [0.2, 0.25) is 5.02 Å². The zero-order chi connectivity index (χ0) is 23.6. The van der Waals surface area contributed by atoms with E-state index in [0.29, 0.717) is 30.3 Å². The molecular weight excluding hydrogens is 436 g/mol. The highest BCUT2D eigenvalue weighted by atomic mass is 35.5. The number of hydrogen-bond acceptors (Lipinski definition) is 3. The van der Waals surface area contributed by atoms with Gasteiger partial charge in [-0.05, 0) is 48.7 Å². The second-order valence-corrected chi connectivity index (χ2v) is 8.23. The summed E-state index contributed by atoms with van der Waals surface area (Å²) in [6.45, 7) is 4.46. The highest BCUT2D eigenvalue weighted by Crippen LogP contribution is 2.19. The van der Waals surface area contributed by atoms with Gasteiger partial charge in [0.05, 0.1) is 0 Å². The third-order valence-electron chi connectivity index (χ3n) is 5.38. The number of nitrogens with zero attached hydrogens (tertiary/aromatic N) is 1. The van der Waals surface area contributed by atoms with Crippen LogP contribution in [0, 0.1) is 6.92 Å². The maximum Gasteiger partial charge on any atom is 0.261 e. The van der Waals surface area contributed by atoms with E-state index in [1.165, 1.54) is 0 Å². The minimum absolute atomic E-state index is 0.189. The Hall–Kier alpha value is -3.31. The van der Waals surface area contributed by atoms with Gasteiger partial charge in [0.25, 0.3) is 5.91 Å². The van der Waals surface area contributed by atoms with E-state index >= 15 is 0 Å². The molecule has 0 bridgehead atoms. The zero-order valence-corrected chi connectivity index (χ0v) is 19.7. The number of rotatable bonds is 10. The zero-order valence-electron chi connectivity index (χ0n) is 19.0. The van der Waals surface area contributed by atoms with Gasteiger partial charge in [-0.25, -0.2) is 0 Å². The van der Waals surface area contributed by atoms with Crippen molar-refractivity contribution in [2.45, 2.75) is 32.9 Å². The Kier molecular flexibility index (Phi) is 8.90. The first kappa shape index (κ1) is 24.3. The summed E-state index contributed by atoms with van der Waals surface area (Å²) >= 11 is 6.04. The van der Waals surface area contributed by atoms with Crippen molar-refractivity contribution in [1.82, 2.24) is 10.2 Å². The van der Waals surface area contributed by atoms with E-state index in [9.17, 15) is 9.59 Å². The molecule has 0 aliphatic carbocycles. The second kappa shape index (κ2) is 12.1. The number of likely N-dealkylation sites (N-methyl/N-ethyl adjacent to an activating group) is 1. The monoisotopic (exact) mass is 464 g/mol. The van der Waals surface area contributed by atoms with Crippen molar-refractivity contribution in [3.05, 3.63) is 101 Å². The molecule has 0 spiro atoms. The molecule has 0 saturated heterocycles. The van der Waals surface area contributed by atoms with Crippen LogP contribution in [0.25, 0.3) is 0 Å². The van der Waals surface area contributed by atoms with Crippen LogP contribution < -0.4 is 10.1 Å². The lowest BCUT2D eigenvalue weighted by atomic mass is 10.0. The van der Waals surface area contributed by atoms with Gasteiger partial charge in [0.15, 0.2) is 6.61 Å². The molecule has 1 atom stereocenters. The van der Waals surface area contributed by atoms with Crippen molar-refractivity contribution in [1.29, 1.82) is 0 Å². The number of carbonyl (C=O) groups is 2. The van der Waals surface area contributed by atoms with E-state index in [0.717, 1.165) is 16.7 Å². The Morgan fingerprint density at radius 1 is 1.00 bits per heavy atom. The lowest BCUT2D eigenvalue weighted by Gasteiger charge is -2.31. The van der Waals surface area contributed by atoms with Crippen molar-refractivity contribution >= 4 is 23.4 Å². The smallest absolute Gasteiger partial charge is 0.261 e. The maximum atomic E-state index is 13.4. The number of halogens is 1. The first-order valence-corrected chi connectivity index (χ1v) is 11.4. The lowest BCUT2D eigenvalue weighted by molar-refractivity contribution is -0.142.